The van der Waals surface area contributed by atoms with E-state index >= 15 is 0 Å². The van der Waals surface area contributed by atoms with Gasteiger partial charge in [0.15, 0.2) is 11.6 Å². The van der Waals surface area contributed by atoms with Crippen LogP contribution in [-0.4, -0.2) is 65.4 Å². The average molecular weight is 1150 g/mol. The Hall–Kier alpha value is -4.24. The number of benzene rings is 4. The van der Waals surface area contributed by atoms with Crippen LogP contribution in [0.4, 0.5) is 0 Å². The standard InChI is InChI=1S/2C15H14O5.2C3H7O.2C2H5O.2O.2W/c2*1-19-9-3-5-11(13(16)7-9)15(18)12-6-4-10(20-2)8-14(12)17;2*1-3(2)4;2*1-2-3;;;;/h2*3-8,16-17H,1-2H3;2*3H,1-2H3;2*2H2,1H3;;;;/q;;4*-1;2*-2;;/p-4. The van der Waals surface area contributed by atoms with Gasteiger partial charge in [0.25, 0.3) is 0 Å². The molecular formula is C40H48O16W2-12. The van der Waals surface area contributed by atoms with Crippen molar-refractivity contribution in [3.05, 3.63) is 95.1 Å². The molecule has 0 aliphatic rings. The summed E-state index contributed by atoms with van der Waals surface area (Å²) < 4.78 is 19.6. The number of ether oxygens (including phenoxy) is 4. The normalized spacial score (nSPS) is 8.83. The maximum absolute atomic E-state index is 12.2. The molecule has 0 saturated carbocycles. The van der Waals surface area contributed by atoms with Crippen LogP contribution in [0.25, 0.3) is 0 Å². The summed E-state index contributed by atoms with van der Waals surface area (Å²) in [6.07, 6.45) is -0.833. The maximum Gasteiger partial charge on any atom is 0.191 e. The SMILES string of the molecule is CC(C)[O-].CC(C)[O-].CC[O-].CC[O-].COc1ccc(C(=O)c2ccc(OC)cc2[O-])c([O-])c1.COc1ccc(C(=O)c2ccc(OC)cc2[O-])c([O-])c1.[O-2].[O-2].[W].[W]. The van der Waals surface area contributed by atoms with Crippen LogP contribution in [0.2, 0.25) is 0 Å². The van der Waals surface area contributed by atoms with Gasteiger partial charge < -0.3 is 70.8 Å². The zero-order valence-corrected chi connectivity index (χ0v) is 39.7. The summed E-state index contributed by atoms with van der Waals surface area (Å²) in [5, 5.41) is 84.2. The number of carbonyl (C=O) groups is 2. The minimum atomic E-state index is -0.606. The molecule has 0 aliphatic heterocycles. The molecule has 0 aliphatic carbocycles. The second kappa shape index (κ2) is 37.1. The quantitative estimate of drug-likeness (QED) is 0.213. The van der Waals surface area contributed by atoms with E-state index in [1.54, 1.807) is 41.5 Å². The first-order valence-corrected chi connectivity index (χ1v) is 16.4. The van der Waals surface area contributed by atoms with E-state index in [4.69, 9.17) is 29.2 Å². The molecule has 0 saturated heterocycles. The number of methoxy groups -OCH3 is 4. The third kappa shape index (κ3) is 25.9. The van der Waals surface area contributed by atoms with Gasteiger partial charge in [-0.05, 0) is 72.8 Å². The van der Waals surface area contributed by atoms with Crippen molar-refractivity contribution in [2.24, 2.45) is 0 Å². The molecule has 0 unspecified atom stereocenters. The van der Waals surface area contributed by atoms with Crippen LogP contribution in [0.3, 0.4) is 0 Å². The second-order valence-corrected chi connectivity index (χ2v) is 10.8. The largest absolute Gasteiger partial charge is 2.00 e. The fraction of sp³-hybridized carbons (Fsp3) is 0.350. The Bertz CT molecular complexity index is 1450. The maximum atomic E-state index is 12.2. The molecule has 4 rings (SSSR count). The second-order valence-electron chi connectivity index (χ2n) is 10.8. The van der Waals surface area contributed by atoms with Gasteiger partial charge in [0, 0.05) is 64.4 Å². The van der Waals surface area contributed by atoms with E-state index < -0.39 is 46.8 Å². The van der Waals surface area contributed by atoms with Gasteiger partial charge in [0.1, 0.15) is 23.0 Å². The molecule has 0 aromatic heterocycles. The average Bonchev–Trinajstić information content (AvgIpc) is 3.11. The van der Waals surface area contributed by atoms with Crippen molar-refractivity contribution in [3.8, 4) is 46.0 Å². The Morgan fingerprint density at radius 2 is 0.603 bits per heavy atom. The molecule has 0 radical (unpaired) electrons. The zero-order valence-electron chi connectivity index (χ0n) is 33.8. The van der Waals surface area contributed by atoms with Crippen molar-refractivity contribution in [3.63, 3.8) is 0 Å². The number of ketones is 2. The summed E-state index contributed by atoms with van der Waals surface area (Å²) in [4.78, 5) is 24.4. The molecule has 0 bridgehead atoms. The van der Waals surface area contributed by atoms with Crippen molar-refractivity contribution in [2.75, 3.05) is 41.7 Å². The monoisotopic (exact) mass is 1150 g/mol. The van der Waals surface area contributed by atoms with Gasteiger partial charge in [0.2, 0.25) is 0 Å². The summed E-state index contributed by atoms with van der Waals surface area (Å²) in [5.74, 6) is -1.68. The summed E-state index contributed by atoms with van der Waals surface area (Å²) in [5.41, 5.74) is -0.248. The predicted octanol–water partition coefficient (Wildman–Crippen LogP) is 0.165. The van der Waals surface area contributed by atoms with E-state index in [1.165, 1.54) is 101 Å². The molecule has 0 atom stereocenters. The molecule has 0 spiro atoms. The molecule has 0 N–H and O–H groups in total. The topological polar surface area (TPSA) is 313 Å². The van der Waals surface area contributed by atoms with Crippen LogP contribution in [0.15, 0.2) is 72.8 Å². The van der Waals surface area contributed by atoms with E-state index in [0.29, 0.717) is 23.0 Å². The van der Waals surface area contributed by atoms with Crippen LogP contribution in [-0.2, 0) is 53.1 Å². The summed E-state index contributed by atoms with van der Waals surface area (Å²) >= 11 is 0. The molecule has 0 heterocycles. The van der Waals surface area contributed by atoms with Crippen molar-refractivity contribution in [1.82, 2.24) is 0 Å². The molecule has 0 amide bonds. The Morgan fingerprint density at radius 1 is 0.466 bits per heavy atom. The first kappa shape index (κ1) is 65.6. The van der Waals surface area contributed by atoms with Crippen LogP contribution in [0, 0.1) is 0 Å². The van der Waals surface area contributed by atoms with Crippen LogP contribution in [0.1, 0.15) is 73.4 Å². The Balaban J connectivity index is -0.000000168. The predicted molar refractivity (Wildman–Crippen MR) is 189 cm³/mol. The van der Waals surface area contributed by atoms with E-state index in [0.717, 1.165) is 0 Å². The van der Waals surface area contributed by atoms with Crippen LogP contribution >= 0.6 is 0 Å². The van der Waals surface area contributed by atoms with Crippen molar-refractivity contribution in [1.29, 1.82) is 0 Å². The first-order valence-electron chi connectivity index (χ1n) is 16.4. The smallest absolute Gasteiger partial charge is 0.191 e. The molecule has 4 aromatic rings. The van der Waals surface area contributed by atoms with Crippen LogP contribution < -0.4 is 59.8 Å². The first-order chi connectivity index (χ1) is 25.4. The molecular weight excluding hydrogens is 1100 g/mol. The molecule has 18 heteroatoms. The third-order valence-corrected chi connectivity index (χ3v) is 5.73. The van der Waals surface area contributed by atoms with E-state index in [9.17, 15) is 40.2 Å². The number of hydrogen-bond acceptors (Lipinski definition) is 14. The van der Waals surface area contributed by atoms with Crippen molar-refractivity contribution >= 4 is 11.6 Å². The number of carbonyl (C=O) groups excluding carboxylic acids is 2. The summed E-state index contributed by atoms with van der Waals surface area (Å²) in [7, 11) is 5.70. The minimum Gasteiger partial charge on any atom is -2.00 e. The minimum absolute atomic E-state index is 0. The van der Waals surface area contributed by atoms with Gasteiger partial charge in [-0.2, -0.15) is 0 Å². The molecule has 58 heavy (non-hydrogen) atoms. The van der Waals surface area contributed by atoms with Gasteiger partial charge in [-0.1, -0.05) is 64.5 Å². The van der Waals surface area contributed by atoms with Crippen molar-refractivity contribution in [2.45, 2.75) is 53.8 Å². The van der Waals surface area contributed by atoms with Gasteiger partial charge >= 0.3 is 0 Å². The van der Waals surface area contributed by atoms with Crippen LogP contribution in [0.5, 0.6) is 46.0 Å². The Morgan fingerprint density at radius 3 is 0.707 bits per heavy atom. The van der Waals surface area contributed by atoms with E-state index in [1.807, 2.05) is 0 Å². The molecule has 328 valence electrons. The third-order valence-electron chi connectivity index (χ3n) is 5.73. The summed E-state index contributed by atoms with van der Waals surface area (Å²) in [6, 6.07) is 16.3. The number of rotatable bonds is 8. The van der Waals surface area contributed by atoms with Gasteiger partial charge in [0.05, 0.1) is 28.4 Å². The Kier molecular flexibility index (Phi) is 41.9. The summed E-state index contributed by atoms with van der Waals surface area (Å²) in [6.45, 7) is 9.58. The fourth-order valence-electron chi connectivity index (χ4n) is 3.56. The molecule has 4 aromatic carbocycles. The van der Waals surface area contributed by atoms with Crippen molar-refractivity contribution < 1.29 is 122 Å². The van der Waals surface area contributed by atoms with Gasteiger partial charge in [-0.15, -0.1) is 25.4 Å². The molecule has 16 nitrogen and oxygen atoms in total. The zero-order chi connectivity index (χ0) is 42.0. The Labute approximate surface area is 368 Å². The van der Waals surface area contributed by atoms with E-state index in [-0.39, 0.29) is 88.6 Å². The van der Waals surface area contributed by atoms with Gasteiger partial charge in [-0.25, -0.2) is 0 Å². The molecule has 0 fully saturated rings. The van der Waals surface area contributed by atoms with E-state index in [2.05, 4.69) is 0 Å². The fourth-order valence-corrected chi connectivity index (χ4v) is 3.56. The number of hydrogen-bond donors (Lipinski definition) is 0. The van der Waals surface area contributed by atoms with Gasteiger partial charge in [-0.3, -0.25) is 9.59 Å².